The van der Waals surface area contributed by atoms with Crippen LogP contribution in [0.4, 0.5) is 0 Å². The van der Waals surface area contributed by atoms with Crippen LogP contribution < -0.4 is 5.32 Å². The molecule has 0 aliphatic carbocycles. The summed E-state index contributed by atoms with van der Waals surface area (Å²) in [7, 11) is 0. The fourth-order valence-electron chi connectivity index (χ4n) is 1.05. The Kier molecular flexibility index (Phi) is 4.61. The van der Waals surface area contributed by atoms with Gasteiger partial charge in [-0.1, -0.05) is 19.1 Å². The van der Waals surface area contributed by atoms with Crippen molar-refractivity contribution in [2.75, 3.05) is 6.54 Å². The van der Waals surface area contributed by atoms with E-state index in [4.69, 9.17) is 0 Å². The number of aromatic nitrogens is 3. The SMILES string of the molecule is CC(C)C(S)C(=O)NCCn1ccnn1. The van der Waals surface area contributed by atoms with Crippen molar-refractivity contribution in [2.24, 2.45) is 5.92 Å². The van der Waals surface area contributed by atoms with Gasteiger partial charge in [-0.2, -0.15) is 12.6 Å². The standard InChI is InChI=1S/C9H16N4OS/c1-7(2)8(15)9(14)10-3-5-13-6-4-11-12-13/h4,6-8,15H,3,5H2,1-2H3,(H,10,14). The monoisotopic (exact) mass is 228 g/mol. The van der Waals surface area contributed by atoms with Crippen LogP contribution in [-0.2, 0) is 11.3 Å². The van der Waals surface area contributed by atoms with Gasteiger partial charge in [-0.25, -0.2) is 0 Å². The number of hydrogen-bond acceptors (Lipinski definition) is 4. The molecular formula is C9H16N4OS. The molecule has 0 saturated carbocycles. The molecule has 1 rings (SSSR count). The molecule has 1 amide bonds. The Morgan fingerprint density at radius 1 is 1.60 bits per heavy atom. The number of carbonyl (C=O) groups excluding carboxylic acids is 1. The molecule has 0 radical (unpaired) electrons. The van der Waals surface area contributed by atoms with Crippen LogP contribution in [0.25, 0.3) is 0 Å². The highest BCUT2D eigenvalue weighted by molar-refractivity contribution is 7.81. The molecule has 0 spiro atoms. The van der Waals surface area contributed by atoms with Crippen molar-refractivity contribution in [1.29, 1.82) is 0 Å². The number of carbonyl (C=O) groups is 1. The Morgan fingerprint density at radius 2 is 2.33 bits per heavy atom. The first-order chi connectivity index (χ1) is 7.11. The highest BCUT2D eigenvalue weighted by Crippen LogP contribution is 2.08. The highest BCUT2D eigenvalue weighted by atomic mass is 32.1. The van der Waals surface area contributed by atoms with Gasteiger partial charge in [0.05, 0.1) is 18.0 Å². The lowest BCUT2D eigenvalue weighted by Gasteiger charge is -2.14. The lowest BCUT2D eigenvalue weighted by atomic mass is 10.1. The van der Waals surface area contributed by atoms with Gasteiger partial charge in [-0.15, -0.1) is 5.10 Å². The molecule has 0 bridgehead atoms. The first kappa shape index (κ1) is 12.0. The number of amides is 1. The molecule has 0 fully saturated rings. The van der Waals surface area contributed by atoms with Crippen molar-refractivity contribution in [3.8, 4) is 0 Å². The second-order valence-electron chi connectivity index (χ2n) is 3.65. The average Bonchev–Trinajstić information content (AvgIpc) is 2.69. The molecule has 1 unspecified atom stereocenters. The minimum atomic E-state index is -0.249. The van der Waals surface area contributed by atoms with Gasteiger partial charge in [0.1, 0.15) is 0 Å². The predicted molar refractivity (Wildman–Crippen MR) is 60.6 cm³/mol. The molecule has 0 aromatic carbocycles. The molecule has 1 heterocycles. The lowest BCUT2D eigenvalue weighted by molar-refractivity contribution is -0.121. The Bertz CT molecular complexity index is 299. The summed E-state index contributed by atoms with van der Waals surface area (Å²) < 4.78 is 1.67. The van der Waals surface area contributed by atoms with E-state index in [1.165, 1.54) is 0 Å². The van der Waals surface area contributed by atoms with Gasteiger partial charge in [-0.3, -0.25) is 9.48 Å². The van der Waals surface area contributed by atoms with Gasteiger partial charge in [0, 0.05) is 12.7 Å². The van der Waals surface area contributed by atoms with Gasteiger partial charge >= 0.3 is 0 Å². The molecular weight excluding hydrogens is 212 g/mol. The van der Waals surface area contributed by atoms with Crippen molar-refractivity contribution in [2.45, 2.75) is 25.6 Å². The van der Waals surface area contributed by atoms with Gasteiger partial charge in [0.2, 0.25) is 5.91 Å². The Morgan fingerprint density at radius 3 is 2.87 bits per heavy atom. The fraction of sp³-hybridized carbons (Fsp3) is 0.667. The maximum atomic E-state index is 11.5. The molecule has 1 N–H and O–H groups in total. The summed E-state index contributed by atoms with van der Waals surface area (Å²) in [5, 5.41) is 10.0. The second kappa shape index (κ2) is 5.75. The number of thiol groups is 1. The van der Waals surface area contributed by atoms with Crippen LogP contribution in [0.5, 0.6) is 0 Å². The number of nitrogens with zero attached hydrogens (tertiary/aromatic N) is 3. The smallest absolute Gasteiger partial charge is 0.233 e. The summed E-state index contributed by atoms with van der Waals surface area (Å²) in [4.78, 5) is 11.5. The topological polar surface area (TPSA) is 59.8 Å². The normalized spacial score (nSPS) is 12.8. The predicted octanol–water partition coefficient (Wildman–Crippen LogP) is 0.349. The van der Waals surface area contributed by atoms with Crippen molar-refractivity contribution >= 4 is 18.5 Å². The van der Waals surface area contributed by atoms with Crippen molar-refractivity contribution in [3.63, 3.8) is 0 Å². The van der Waals surface area contributed by atoms with Gasteiger partial charge < -0.3 is 5.32 Å². The quantitative estimate of drug-likeness (QED) is 0.715. The molecule has 0 aliphatic heterocycles. The third kappa shape index (κ3) is 3.91. The highest BCUT2D eigenvalue weighted by Gasteiger charge is 2.16. The average molecular weight is 228 g/mol. The minimum Gasteiger partial charge on any atom is -0.353 e. The summed E-state index contributed by atoms with van der Waals surface area (Å²) in [5.41, 5.74) is 0. The van der Waals surface area contributed by atoms with E-state index >= 15 is 0 Å². The van der Waals surface area contributed by atoms with Crippen molar-refractivity contribution in [3.05, 3.63) is 12.4 Å². The Balaban J connectivity index is 2.23. The van der Waals surface area contributed by atoms with E-state index < -0.39 is 0 Å². The largest absolute Gasteiger partial charge is 0.353 e. The van der Waals surface area contributed by atoms with Crippen LogP contribution >= 0.6 is 12.6 Å². The number of rotatable bonds is 5. The van der Waals surface area contributed by atoms with Crippen LogP contribution in [0, 0.1) is 5.92 Å². The van der Waals surface area contributed by atoms with Gasteiger partial charge in [0.15, 0.2) is 0 Å². The minimum absolute atomic E-state index is 0.0338. The third-order valence-electron chi connectivity index (χ3n) is 2.01. The zero-order valence-corrected chi connectivity index (χ0v) is 9.82. The summed E-state index contributed by atoms with van der Waals surface area (Å²) in [6, 6.07) is 0. The van der Waals surface area contributed by atoms with Gasteiger partial charge in [-0.05, 0) is 5.92 Å². The maximum Gasteiger partial charge on any atom is 0.233 e. The summed E-state index contributed by atoms with van der Waals surface area (Å²) >= 11 is 4.22. The molecule has 0 saturated heterocycles. The van der Waals surface area contributed by atoms with Crippen LogP contribution in [0.2, 0.25) is 0 Å². The molecule has 15 heavy (non-hydrogen) atoms. The number of nitrogens with one attached hydrogen (secondary N) is 1. The molecule has 1 aromatic heterocycles. The van der Waals surface area contributed by atoms with E-state index in [0.717, 1.165) is 0 Å². The van der Waals surface area contributed by atoms with E-state index in [1.54, 1.807) is 17.1 Å². The summed E-state index contributed by atoms with van der Waals surface area (Å²) in [6.07, 6.45) is 3.37. The summed E-state index contributed by atoms with van der Waals surface area (Å²) in [6.45, 7) is 5.11. The van der Waals surface area contributed by atoms with Crippen molar-refractivity contribution in [1.82, 2.24) is 20.3 Å². The molecule has 84 valence electrons. The van der Waals surface area contributed by atoms with Crippen LogP contribution in [0.1, 0.15) is 13.8 Å². The Hall–Kier alpha value is -1.04. The summed E-state index contributed by atoms with van der Waals surface area (Å²) in [5.74, 6) is 0.202. The zero-order valence-electron chi connectivity index (χ0n) is 8.92. The molecule has 5 nitrogen and oxygen atoms in total. The fourth-order valence-corrected chi connectivity index (χ4v) is 1.14. The third-order valence-corrected chi connectivity index (χ3v) is 2.84. The van der Waals surface area contributed by atoms with E-state index in [9.17, 15) is 4.79 Å². The van der Waals surface area contributed by atoms with Crippen LogP contribution in [0.15, 0.2) is 12.4 Å². The van der Waals surface area contributed by atoms with Crippen LogP contribution in [0.3, 0.4) is 0 Å². The lowest BCUT2D eigenvalue weighted by Crippen LogP contribution is -2.36. The van der Waals surface area contributed by atoms with Gasteiger partial charge in [0.25, 0.3) is 0 Å². The second-order valence-corrected chi connectivity index (χ2v) is 4.20. The molecule has 0 aliphatic rings. The van der Waals surface area contributed by atoms with E-state index in [2.05, 4.69) is 28.3 Å². The Labute approximate surface area is 94.6 Å². The van der Waals surface area contributed by atoms with Crippen LogP contribution in [-0.4, -0.2) is 32.7 Å². The number of hydrogen-bond donors (Lipinski definition) is 2. The van der Waals surface area contributed by atoms with E-state index in [1.807, 2.05) is 13.8 Å². The van der Waals surface area contributed by atoms with E-state index in [0.29, 0.717) is 13.1 Å². The van der Waals surface area contributed by atoms with E-state index in [-0.39, 0.29) is 17.1 Å². The van der Waals surface area contributed by atoms with Crippen molar-refractivity contribution < 1.29 is 4.79 Å². The molecule has 1 aromatic rings. The molecule has 6 heteroatoms. The molecule has 1 atom stereocenters. The maximum absolute atomic E-state index is 11.5. The first-order valence-corrected chi connectivity index (χ1v) is 5.42. The zero-order chi connectivity index (χ0) is 11.3. The first-order valence-electron chi connectivity index (χ1n) is 4.91.